The molecule has 0 spiro atoms. The molecule has 0 aliphatic rings. The highest BCUT2D eigenvalue weighted by atomic mass is 16.5. The summed E-state index contributed by atoms with van der Waals surface area (Å²) in [5.74, 6) is 0.252. The maximum atomic E-state index is 12.7. The van der Waals surface area contributed by atoms with Gasteiger partial charge in [0.1, 0.15) is 5.75 Å². The van der Waals surface area contributed by atoms with E-state index >= 15 is 0 Å². The molecule has 2 aromatic carbocycles. The molecule has 0 saturated heterocycles. The number of rotatable bonds is 7. The van der Waals surface area contributed by atoms with E-state index < -0.39 is 18.0 Å². The van der Waals surface area contributed by atoms with Gasteiger partial charge >= 0.3 is 5.97 Å². The molecule has 0 saturated carbocycles. The zero-order chi connectivity index (χ0) is 22.5. The van der Waals surface area contributed by atoms with Crippen LogP contribution in [0.5, 0.6) is 17.2 Å². The van der Waals surface area contributed by atoms with Crippen LogP contribution in [0, 0.1) is 0 Å². The van der Waals surface area contributed by atoms with Crippen molar-refractivity contribution in [3.05, 3.63) is 47.5 Å². The Morgan fingerprint density at radius 2 is 1.50 bits per heavy atom. The summed E-state index contributed by atoms with van der Waals surface area (Å²) in [6, 6.07) is 10.6. The van der Waals surface area contributed by atoms with Crippen LogP contribution in [0.3, 0.4) is 0 Å². The van der Waals surface area contributed by atoms with Crippen LogP contribution in [-0.2, 0) is 14.9 Å². The van der Waals surface area contributed by atoms with Crippen LogP contribution in [0.25, 0.3) is 0 Å². The normalized spacial score (nSPS) is 12.0. The van der Waals surface area contributed by atoms with E-state index in [-0.39, 0.29) is 16.7 Å². The minimum atomic E-state index is -0.802. The first-order valence-electron chi connectivity index (χ1n) is 9.53. The monoisotopic (exact) mass is 415 g/mol. The lowest BCUT2D eigenvalue weighted by molar-refractivity contribution is -0.122. The third kappa shape index (κ3) is 5.43. The number of benzene rings is 2. The lowest BCUT2D eigenvalue weighted by atomic mass is 9.87. The fourth-order valence-electron chi connectivity index (χ4n) is 2.79. The van der Waals surface area contributed by atoms with Gasteiger partial charge in [-0.25, -0.2) is 4.79 Å². The maximum Gasteiger partial charge on any atom is 0.340 e. The van der Waals surface area contributed by atoms with E-state index in [1.807, 2.05) is 24.3 Å². The molecule has 0 unspecified atom stereocenters. The van der Waals surface area contributed by atoms with E-state index in [0.717, 1.165) is 0 Å². The number of amides is 1. The number of anilines is 1. The SMILES string of the molecule is COC(=O)c1cc(OC)c(OC)cc1NC(=O)[C@@H](C)Oc1ccc(C(C)(C)C)cc1. The Labute approximate surface area is 177 Å². The summed E-state index contributed by atoms with van der Waals surface area (Å²) in [5, 5.41) is 2.71. The Bertz CT molecular complexity index is 899. The van der Waals surface area contributed by atoms with Crippen molar-refractivity contribution in [2.75, 3.05) is 26.6 Å². The number of methoxy groups -OCH3 is 3. The number of hydrogen-bond acceptors (Lipinski definition) is 6. The minimum absolute atomic E-state index is 0.0270. The van der Waals surface area contributed by atoms with E-state index in [1.165, 1.54) is 39.0 Å². The summed E-state index contributed by atoms with van der Waals surface area (Å²) >= 11 is 0. The number of carbonyl (C=O) groups excluding carboxylic acids is 2. The van der Waals surface area contributed by atoms with Crippen molar-refractivity contribution >= 4 is 17.6 Å². The Kier molecular flexibility index (Phi) is 7.32. The molecular weight excluding hydrogens is 386 g/mol. The molecular formula is C23H29NO6. The highest BCUT2D eigenvalue weighted by Crippen LogP contribution is 2.34. The zero-order valence-electron chi connectivity index (χ0n) is 18.5. The van der Waals surface area contributed by atoms with E-state index in [1.54, 1.807) is 6.92 Å². The summed E-state index contributed by atoms with van der Waals surface area (Å²) in [6.45, 7) is 8.01. The minimum Gasteiger partial charge on any atom is -0.493 e. The molecule has 7 nitrogen and oxygen atoms in total. The second kappa shape index (κ2) is 9.52. The molecule has 30 heavy (non-hydrogen) atoms. The predicted octanol–water partition coefficient (Wildman–Crippen LogP) is 4.19. The van der Waals surface area contributed by atoms with Gasteiger partial charge in [-0.2, -0.15) is 0 Å². The number of nitrogens with one attached hydrogen (secondary N) is 1. The second-order valence-electron chi connectivity index (χ2n) is 7.77. The van der Waals surface area contributed by atoms with Crippen LogP contribution in [0.4, 0.5) is 5.69 Å². The van der Waals surface area contributed by atoms with Crippen LogP contribution in [0.1, 0.15) is 43.6 Å². The molecule has 2 rings (SSSR count). The standard InChI is InChI=1S/C23H29NO6/c1-14(30-16-10-8-15(9-11-16)23(2,3)4)21(25)24-18-13-20(28-6)19(27-5)12-17(18)22(26)29-7/h8-14H,1-7H3,(H,24,25)/t14-/m1/s1. The first kappa shape index (κ1) is 23.1. The summed E-state index contributed by atoms with van der Waals surface area (Å²) in [7, 11) is 4.18. The highest BCUT2D eigenvalue weighted by molar-refractivity contribution is 6.03. The van der Waals surface area contributed by atoms with Crippen LogP contribution in [0.15, 0.2) is 36.4 Å². The second-order valence-corrected chi connectivity index (χ2v) is 7.77. The van der Waals surface area contributed by atoms with Gasteiger partial charge in [0.2, 0.25) is 0 Å². The lowest BCUT2D eigenvalue weighted by Crippen LogP contribution is -2.30. The number of hydrogen-bond donors (Lipinski definition) is 1. The fourth-order valence-corrected chi connectivity index (χ4v) is 2.79. The van der Waals surface area contributed by atoms with Crippen LogP contribution in [-0.4, -0.2) is 39.3 Å². The molecule has 0 aromatic heterocycles. The van der Waals surface area contributed by atoms with Gasteiger partial charge in [-0.3, -0.25) is 4.79 Å². The third-order valence-electron chi connectivity index (χ3n) is 4.59. The molecule has 1 amide bonds. The first-order valence-corrected chi connectivity index (χ1v) is 9.53. The number of ether oxygens (including phenoxy) is 4. The molecule has 0 radical (unpaired) electrons. The van der Waals surface area contributed by atoms with Crippen molar-refractivity contribution in [1.29, 1.82) is 0 Å². The van der Waals surface area contributed by atoms with Gasteiger partial charge in [0.05, 0.1) is 32.6 Å². The van der Waals surface area contributed by atoms with Crippen molar-refractivity contribution in [2.24, 2.45) is 0 Å². The topological polar surface area (TPSA) is 83.1 Å². The van der Waals surface area contributed by atoms with Gasteiger partial charge in [0.25, 0.3) is 5.91 Å². The quantitative estimate of drug-likeness (QED) is 0.683. The van der Waals surface area contributed by atoms with Crippen molar-refractivity contribution in [2.45, 2.75) is 39.2 Å². The maximum absolute atomic E-state index is 12.7. The van der Waals surface area contributed by atoms with Gasteiger partial charge in [-0.1, -0.05) is 32.9 Å². The summed E-state index contributed by atoms with van der Waals surface area (Å²) in [6.07, 6.45) is -0.802. The van der Waals surface area contributed by atoms with Gasteiger partial charge in [0, 0.05) is 12.1 Å². The van der Waals surface area contributed by atoms with Crippen molar-refractivity contribution in [3.8, 4) is 17.2 Å². The Morgan fingerprint density at radius 3 is 2.00 bits per heavy atom. The van der Waals surface area contributed by atoms with Crippen molar-refractivity contribution in [3.63, 3.8) is 0 Å². The molecule has 162 valence electrons. The number of esters is 1. The van der Waals surface area contributed by atoms with Crippen LogP contribution >= 0.6 is 0 Å². The van der Waals surface area contributed by atoms with Crippen molar-refractivity contribution in [1.82, 2.24) is 0 Å². The molecule has 0 aliphatic heterocycles. The highest BCUT2D eigenvalue weighted by Gasteiger charge is 2.22. The van der Waals surface area contributed by atoms with Crippen LogP contribution < -0.4 is 19.5 Å². The summed E-state index contributed by atoms with van der Waals surface area (Å²) in [4.78, 5) is 24.9. The smallest absolute Gasteiger partial charge is 0.340 e. The zero-order valence-corrected chi connectivity index (χ0v) is 18.5. The van der Waals surface area contributed by atoms with Gasteiger partial charge in [-0.15, -0.1) is 0 Å². The Hall–Kier alpha value is -3.22. The average Bonchev–Trinajstić information content (AvgIpc) is 2.72. The van der Waals surface area contributed by atoms with E-state index in [9.17, 15) is 9.59 Å². The van der Waals surface area contributed by atoms with E-state index in [2.05, 4.69) is 26.1 Å². The fraction of sp³-hybridized carbons (Fsp3) is 0.391. The van der Waals surface area contributed by atoms with Gasteiger partial charge in [-0.05, 0) is 30.0 Å². The Balaban J connectivity index is 2.20. The third-order valence-corrected chi connectivity index (χ3v) is 4.59. The molecule has 0 bridgehead atoms. The average molecular weight is 415 g/mol. The lowest BCUT2D eigenvalue weighted by Gasteiger charge is -2.20. The molecule has 1 N–H and O–H groups in total. The first-order chi connectivity index (χ1) is 14.1. The summed E-state index contributed by atoms with van der Waals surface area (Å²) in [5.41, 5.74) is 1.58. The molecule has 2 aromatic rings. The van der Waals surface area contributed by atoms with Gasteiger partial charge < -0.3 is 24.3 Å². The molecule has 0 aliphatic carbocycles. The van der Waals surface area contributed by atoms with Gasteiger partial charge in [0.15, 0.2) is 17.6 Å². The molecule has 7 heteroatoms. The molecule has 0 heterocycles. The van der Waals surface area contributed by atoms with Crippen LogP contribution in [0.2, 0.25) is 0 Å². The Morgan fingerprint density at radius 1 is 0.933 bits per heavy atom. The molecule has 1 atom stereocenters. The largest absolute Gasteiger partial charge is 0.493 e. The van der Waals surface area contributed by atoms with E-state index in [4.69, 9.17) is 18.9 Å². The molecule has 0 fully saturated rings. The van der Waals surface area contributed by atoms with Crippen molar-refractivity contribution < 1.29 is 28.5 Å². The van der Waals surface area contributed by atoms with E-state index in [0.29, 0.717) is 17.2 Å². The number of carbonyl (C=O) groups is 2. The summed E-state index contributed by atoms with van der Waals surface area (Å²) < 4.78 is 21.1. The predicted molar refractivity (Wildman–Crippen MR) is 115 cm³/mol.